The quantitative estimate of drug-likeness (QED) is 0.870. The Bertz CT molecular complexity index is 354. The monoisotopic (exact) mass is 295 g/mol. The number of ether oxygens (including phenoxy) is 1. The zero-order chi connectivity index (χ0) is 14.7. The Morgan fingerprint density at radius 1 is 1.05 bits per heavy atom. The Morgan fingerprint density at radius 2 is 1.86 bits per heavy atom. The van der Waals surface area contributed by atoms with E-state index in [-0.39, 0.29) is 24.2 Å². The van der Waals surface area contributed by atoms with Gasteiger partial charge in [-0.2, -0.15) is 0 Å². The molecular formula is C17H29NO3. The molecule has 120 valence electrons. The summed E-state index contributed by atoms with van der Waals surface area (Å²) in [4.78, 5) is 14.8. The highest BCUT2D eigenvalue weighted by molar-refractivity contribution is 5.77. The van der Waals surface area contributed by atoms with Crippen LogP contribution in [0.3, 0.4) is 0 Å². The number of carbonyl (C=O) groups is 1. The Hall–Kier alpha value is -0.610. The second-order valence-electron chi connectivity index (χ2n) is 7.01. The van der Waals surface area contributed by atoms with Crippen LogP contribution < -0.4 is 0 Å². The van der Waals surface area contributed by atoms with Crippen LogP contribution in [0.15, 0.2) is 0 Å². The van der Waals surface area contributed by atoms with Crippen molar-refractivity contribution in [2.75, 3.05) is 13.2 Å². The van der Waals surface area contributed by atoms with Gasteiger partial charge in [0.1, 0.15) is 0 Å². The van der Waals surface area contributed by atoms with Gasteiger partial charge < -0.3 is 14.7 Å². The Balaban J connectivity index is 1.63. The summed E-state index contributed by atoms with van der Waals surface area (Å²) in [6.45, 7) is 1.68. The molecule has 4 atom stereocenters. The van der Waals surface area contributed by atoms with E-state index in [1.165, 1.54) is 12.8 Å². The van der Waals surface area contributed by atoms with Gasteiger partial charge in [-0.05, 0) is 44.9 Å². The van der Waals surface area contributed by atoms with E-state index in [1.807, 2.05) is 0 Å². The summed E-state index contributed by atoms with van der Waals surface area (Å²) in [6, 6.07) is 0.267. The molecule has 1 amide bonds. The minimum Gasteiger partial charge on any atom is -0.393 e. The van der Waals surface area contributed by atoms with E-state index in [2.05, 4.69) is 4.90 Å². The lowest BCUT2D eigenvalue weighted by Gasteiger charge is -2.44. The predicted molar refractivity (Wildman–Crippen MR) is 80.9 cm³/mol. The molecule has 1 aliphatic carbocycles. The van der Waals surface area contributed by atoms with Gasteiger partial charge in [-0.25, -0.2) is 0 Å². The molecule has 0 spiro atoms. The van der Waals surface area contributed by atoms with Crippen LogP contribution in [0.2, 0.25) is 0 Å². The lowest BCUT2D eigenvalue weighted by molar-refractivity contribution is -0.140. The molecular weight excluding hydrogens is 266 g/mol. The number of piperidine rings is 1. The summed E-state index contributed by atoms with van der Waals surface area (Å²) in [5, 5.41) is 10.3. The van der Waals surface area contributed by atoms with Crippen molar-refractivity contribution in [1.82, 2.24) is 4.90 Å². The largest absolute Gasteiger partial charge is 0.393 e. The van der Waals surface area contributed by atoms with Crippen LogP contribution in [-0.4, -0.2) is 47.3 Å². The van der Waals surface area contributed by atoms with Gasteiger partial charge in [0, 0.05) is 25.1 Å². The third-order valence-electron chi connectivity index (χ3n) is 5.57. The van der Waals surface area contributed by atoms with Gasteiger partial charge in [0.25, 0.3) is 0 Å². The second-order valence-corrected chi connectivity index (χ2v) is 7.01. The molecule has 3 fully saturated rings. The Labute approximate surface area is 127 Å². The van der Waals surface area contributed by atoms with Crippen molar-refractivity contribution in [1.29, 1.82) is 0 Å². The van der Waals surface area contributed by atoms with E-state index in [0.717, 1.165) is 58.1 Å². The van der Waals surface area contributed by atoms with Gasteiger partial charge in [-0.1, -0.05) is 12.8 Å². The molecule has 4 unspecified atom stereocenters. The fourth-order valence-corrected chi connectivity index (χ4v) is 4.42. The van der Waals surface area contributed by atoms with Gasteiger partial charge in [-0.15, -0.1) is 0 Å². The maximum atomic E-state index is 12.7. The first-order valence-corrected chi connectivity index (χ1v) is 8.85. The van der Waals surface area contributed by atoms with Gasteiger partial charge in [-0.3, -0.25) is 4.79 Å². The van der Waals surface area contributed by atoms with E-state index < -0.39 is 0 Å². The molecule has 0 radical (unpaired) electrons. The summed E-state index contributed by atoms with van der Waals surface area (Å²) in [7, 11) is 0. The fraction of sp³-hybridized carbons (Fsp3) is 0.941. The van der Waals surface area contributed by atoms with Gasteiger partial charge in [0.05, 0.1) is 18.6 Å². The molecule has 3 aliphatic rings. The summed E-state index contributed by atoms with van der Waals surface area (Å²) < 4.78 is 5.62. The summed E-state index contributed by atoms with van der Waals surface area (Å²) in [6.07, 6.45) is 10.3. The van der Waals surface area contributed by atoms with Crippen LogP contribution in [0.25, 0.3) is 0 Å². The highest BCUT2D eigenvalue weighted by Gasteiger charge is 2.38. The summed E-state index contributed by atoms with van der Waals surface area (Å²) in [5.41, 5.74) is 0. The van der Waals surface area contributed by atoms with E-state index in [0.29, 0.717) is 12.3 Å². The highest BCUT2D eigenvalue weighted by atomic mass is 16.5. The first-order valence-electron chi connectivity index (χ1n) is 8.85. The fourth-order valence-electron chi connectivity index (χ4n) is 4.42. The minimum atomic E-state index is -0.208. The van der Waals surface area contributed by atoms with Crippen LogP contribution in [-0.2, 0) is 9.53 Å². The van der Waals surface area contributed by atoms with Crippen LogP contribution in [0.1, 0.15) is 64.2 Å². The van der Waals surface area contributed by atoms with E-state index >= 15 is 0 Å². The number of likely N-dealkylation sites (tertiary alicyclic amines) is 1. The van der Waals surface area contributed by atoms with E-state index in [4.69, 9.17) is 4.74 Å². The van der Waals surface area contributed by atoms with Crippen molar-refractivity contribution < 1.29 is 14.6 Å². The topological polar surface area (TPSA) is 49.8 Å². The average Bonchev–Trinajstić information content (AvgIpc) is 3.01. The van der Waals surface area contributed by atoms with Gasteiger partial charge in [0.2, 0.25) is 5.91 Å². The molecule has 2 aliphatic heterocycles. The van der Waals surface area contributed by atoms with Crippen molar-refractivity contribution in [2.45, 2.75) is 82.5 Å². The van der Waals surface area contributed by atoms with Crippen LogP contribution >= 0.6 is 0 Å². The molecule has 4 heteroatoms. The van der Waals surface area contributed by atoms with Crippen molar-refractivity contribution in [3.8, 4) is 0 Å². The predicted octanol–water partition coefficient (Wildman–Crippen LogP) is 2.49. The van der Waals surface area contributed by atoms with E-state index in [9.17, 15) is 9.90 Å². The molecule has 0 aromatic carbocycles. The summed E-state index contributed by atoms with van der Waals surface area (Å²) in [5.74, 6) is 0.553. The Kier molecular flexibility index (Phi) is 5.17. The second kappa shape index (κ2) is 7.10. The number of nitrogens with zero attached hydrogens (tertiary/aromatic N) is 1. The normalized spacial score (nSPS) is 37.7. The molecule has 3 rings (SSSR count). The van der Waals surface area contributed by atoms with Crippen LogP contribution in [0, 0.1) is 5.92 Å². The van der Waals surface area contributed by atoms with E-state index in [1.54, 1.807) is 0 Å². The smallest absolute Gasteiger partial charge is 0.225 e. The van der Waals surface area contributed by atoms with Crippen molar-refractivity contribution in [3.05, 3.63) is 0 Å². The third-order valence-corrected chi connectivity index (χ3v) is 5.57. The van der Waals surface area contributed by atoms with Crippen LogP contribution in [0.5, 0.6) is 0 Å². The first-order chi connectivity index (χ1) is 10.3. The number of rotatable bonds is 3. The lowest BCUT2D eigenvalue weighted by Crippen LogP contribution is -2.51. The SMILES string of the molecule is O=C(CC1CCCO1)N1CCCCC1C1CCCCC1O. The Morgan fingerprint density at radius 3 is 2.62 bits per heavy atom. The molecule has 0 aromatic heterocycles. The number of hydrogen-bond acceptors (Lipinski definition) is 3. The molecule has 2 saturated heterocycles. The van der Waals surface area contributed by atoms with Crippen molar-refractivity contribution in [2.24, 2.45) is 5.92 Å². The maximum absolute atomic E-state index is 12.7. The molecule has 4 nitrogen and oxygen atoms in total. The molecule has 21 heavy (non-hydrogen) atoms. The number of carbonyl (C=O) groups excluding carboxylic acids is 1. The molecule has 1 N–H and O–H groups in total. The number of aliphatic hydroxyl groups excluding tert-OH is 1. The molecule has 0 aromatic rings. The molecule has 0 bridgehead atoms. The average molecular weight is 295 g/mol. The molecule has 1 saturated carbocycles. The summed E-state index contributed by atoms with van der Waals surface area (Å²) >= 11 is 0. The minimum absolute atomic E-state index is 0.136. The zero-order valence-corrected chi connectivity index (χ0v) is 13.0. The number of amides is 1. The van der Waals surface area contributed by atoms with Gasteiger partial charge in [0.15, 0.2) is 0 Å². The number of hydrogen-bond donors (Lipinski definition) is 1. The highest BCUT2D eigenvalue weighted by Crippen LogP contribution is 2.34. The number of aliphatic hydroxyl groups is 1. The first kappa shape index (κ1) is 15.3. The lowest BCUT2D eigenvalue weighted by atomic mass is 9.78. The van der Waals surface area contributed by atoms with Gasteiger partial charge >= 0.3 is 0 Å². The maximum Gasteiger partial charge on any atom is 0.225 e. The van der Waals surface area contributed by atoms with Crippen LogP contribution in [0.4, 0.5) is 0 Å². The zero-order valence-electron chi connectivity index (χ0n) is 13.0. The third kappa shape index (κ3) is 3.59. The van der Waals surface area contributed by atoms with Crippen molar-refractivity contribution in [3.63, 3.8) is 0 Å². The molecule has 2 heterocycles. The standard InChI is InChI=1S/C17H29NO3/c19-16-9-2-1-7-14(16)15-8-3-4-10-18(15)17(20)12-13-6-5-11-21-13/h13-16,19H,1-12H2. The van der Waals surface area contributed by atoms with Crippen molar-refractivity contribution >= 4 is 5.91 Å².